The molecule has 6 nitrogen and oxygen atoms in total. The van der Waals surface area contributed by atoms with Gasteiger partial charge in [0.15, 0.2) is 0 Å². The summed E-state index contributed by atoms with van der Waals surface area (Å²) in [5.41, 5.74) is 7.88. The molecular weight excluding hydrogens is 416 g/mol. The summed E-state index contributed by atoms with van der Waals surface area (Å²) in [6.07, 6.45) is 2.42. The number of methoxy groups -OCH3 is 1. The van der Waals surface area contributed by atoms with Crippen molar-refractivity contribution in [1.82, 2.24) is 4.90 Å². The van der Waals surface area contributed by atoms with Crippen molar-refractivity contribution in [2.24, 2.45) is 5.73 Å². The fourth-order valence-corrected chi connectivity index (χ4v) is 5.00. The Bertz CT molecular complexity index is 926. The van der Waals surface area contributed by atoms with Crippen LogP contribution in [0.1, 0.15) is 42.9 Å². The van der Waals surface area contributed by atoms with E-state index in [2.05, 4.69) is 0 Å². The second-order valence-electron chi connectivity index (χ2n) is 8.29. The highest BCUT2D eigenvalue weighted by molar-refractivity contribution is 6.30. The van der Waals surface area contributed by atoms with Crippen molar-refractivity contribution in [3.8, 4) is 0 Å². The maximum Gasteiger partial charge on any atom is 0.417 e. The summed E-state index contributed by atoms with van der Waals surface area (Å²) >= 11 is 6.11. The molecule has 1 saturated carbocycles. The summed E-state index contributed by atoms with van der Waals surface area (Å²) < 4.78 is 10.8. The van der Waals surface area contributed by atoms with Gasteiger partial charge in [0.2, 0.25) is 5.91 Å². The Labute approximate surface area is 187 Å². The number of benzene rings is 2. The van der Waals surface area contributed by atoms with E-state index in [0.717, 1.165) is 24.0 Å². The van der Waals surface area contributed by atoms with E-state index < -0.39 is 29.5 Å². The van der Waals surface area contributed by atoms with Crippen LogP contribution in [0.25, 0.3) is 0 Å². The molecule has 2 atom stereocenters. The van der Waals surface area contributed by atoms with Gasteiger partial charge in [0.1, 0.15) is 12.6 Å². The topological polar surface area (TPSA) is 81.9 Å². The average molecular weight is 443 g/mol. The molecule has 0 aromatic heterocycles. The van der Waals surface area contributed by atoms with Crippen molar-refractivity contribution >= 4 is 23.6 Å². The van der Waals surface area contributed by atoms with Gasteiger partial charge in [-0.05, 0) is 48.9 Å². The summed E-state index contributed by atoms with van der Waals surface area (Å²) in [4.78, 5) is 27.4. The standard InChI is InChI=1S/C24H27ClN2O4/c1-30-19-11-13-24(14-12-19,17-7-9-18(25)10-8-17)21(26)22(28)27-20(15-31-23(27)29)16-5-3-2-4-6-16/h2-10,19-21H,11-15,26H2,1H3/t19-,20-,21-,24-/m1/s1. The smallest absolute Gasteiger partial charge is 0.417 e. The second kappa shape index (κ2) is 8.99. The number of imide groups is 1. The largest absolute Gasteiger partial charge is 0.446 e. The van der Waals surface area contributed by atoms with Gasteiger partial charge in [-0.3, -0.25) is 4.79 Å². The molecule has 1 aliphatic carbocycles. The van der Waals surface area contributed by atoms with Gasteiger partial charge < -0.3 is 15.2 Å². The van der Waals surface area contributed by atoms with Crippen LogP contribution in [0.4, 0.5) is 4.79 Å². The van der Waals surface area contributed by atoms with Gasteiger partial charge in [0, 0.05) is 17.5 Å². The van der Waals surface area contributed by atoms with Crippen molar-refractivity contribution in [3.63, 3.8) is 0 Å². The van der Waals surface area contributed by atoms with Crippen LogP contribution in [0.3, 0.4) is 0 Å². The van der Waals surface area contributed by atoms with Gasteiger partial charge in [0.25, 0.3) is 0 Å². The molecule has 2 fully saturated rings. The summed E-state index contributed by atoms with van der Waals surface area (Å²) in [6.45, 7) is 0.126. The SMILES string of the molecule is CO[C@H]1CC[C@](c2ccc(Cl)cc2)([C@H](N)C(=O)N2C(=O)OC[C@@H]2c2ccccc2)CC1. The van der Waals surface area contributed by atoms with Crippen molar-refractivity contribution in [3.05, 3.63) is 70.7 Å². The van der Waals surface area contributed by atoms with Gasteiger partial charge in [-0.2, -0.15) is 0 Å². The molecule has 1 heterocycles. The van der Waals surface area contributed by atoms with E-state index >= 15 is 0 Å². The minimum atomic E-state index is -0.900. The van der Waals surface area contributed by atoms with E-state index in [1.165, 1.54) is 4.90 Å². The molecular formula is C24H27ClN2O4. The normalized spacial score (nSPS) is 27.1. The number of carbonyl (C=O) groups excluding carboxylic acids is 2. The minimum Gasteiger partial charge on any atom is -0.446 e. The third-order valence-electron chi connectivity index (χ3n) is 6.73. The molecule has 164 valence electrons. The average Bonchev–Trinajstić information content (AvgIpc) is 3.20. The van der Waals surface area contributed by atoms with Crippen molar-refractivity contribution in [2.45, 2.75) is 49.3 Å². The van der Waals surface area contributed by atoms with Crippen molar-refractivity contribution in [2.75, 3.05) is 13.7 Å². The third kappa shape index (κ3) is 4.07. The highest BCUT2D eigenvalue weighted by Crippen LogP contribution is 2.44. The van der Waals surface area contributed by atoms with Crippen LogP contribution in [0, 0.1) is 0 Å². The van der Waals surface area contributed by atoms with Crippen molar-refractivity contribution < 1.29 is 19.1 Å². The lowest BCUT2D eigenvalue weighted by Crippen LogP contribution is -2.57. The van der Waals surface area contributed by atoms with E-state index in [1.54, 1.807) is 7.11 Å². The molecule has 0 spiro atoms. The lowest BCUT2D eigenvalue weighted by Gasteiger charge is -2.44. The first-order chi connectivity index (χ1) is 15.0. The number of cyclic esters (lactones) is 1. The molecule has 2 aliphatic rings. The molecule has 2 aromatic rings. The van der Waals surface area contributed by atoms with Crippen LogP contribution in [-0.2, 0) is 19.7 Å². The van der Waals surface area contributed by atoms with Gasteiger partial charge in [-0.15, -0.1) is 0 Å². The molecule has 0 radical (unpaired) electrons. The first-order valence-electron chi connectivity index (χ1n) is 10.6. The zero-order valence-corrected chi connectivity index (χ0v) is 18.3. The van der Waals surface area contributed by atoms with Crippen LogP contribution >= 0.6 is 11.6 Å². The fourth-order valence-electron chi connectivity index (χ4n) is 4.87. The van der Waals surface area contributed by atoms with Crippen LogP contribution in [-0.4, -0.2) is 42.8 Å². The maximum absolute atomic E-state index is 13.7. The Kier molecular flexibility index (Phi) is 6.32. The van der Waals surface area contributed by atoms with Crippen molar-refractivity contribution in [1.29, 1.82) is 0 Å². The number of rotatable bonds is 5. The predicted octanol–water partition coefficient (Wildman–Crippen LogP) is 4.21. The lowest BCUT2D eigenvalue weighted by molar-refractivity contribution is -0.133. The molecule has 2 aromatic carbocycles. The highest BCUT2D eigenvalue weighted by atomic mass is 35.5. The minimum absolute atomic E-state index is 0.126. The number of halogens is 1. The van der Waals surface area contributed by atoms with Crippen LogP contribution in [0.2, 0.25) is 5.02 Å². The zero-order chi connectivity index (χ0) is 22.0. The number of amides is 2. The summed E-state index contributed by atoms with van der Waals surface area (Å²) in [5, 5.41) is 0.622. The predicted molar refractivity (Wildman–Crippen MR) is 118 cm³/mol. The van der Waals surface area contributed by atoms with E-state index in [-0.39, 0.29) is 12.7 Å². The molecule has 7 heteroatoms. The molecule has 2 N–H and O–H groups in total. The molecule has 2 amide bonds. The van der Waals surface area contributed by atoms with Crippen LogP contribution in [0.15, 0.2) is 54.6 Å². The van der Waals surface area contributed by atoms with E-state index in [1.807, 2.05) is 54.6 Å². The quantitative estimate of drug-likeness (QED) is 0.749. The Morgan fingerprint density at radius 2 is 1.81 bits per heavy atom. The molecule has 1 saturated heterocycles. The third-order valence-corrected chi connectivity index (χ3v) is 6.99. The summed E-state index contributed by atoms with van der Waals surface area (Å²) in [7, 11) is 1.70. The molecule has 31 heavy (non-hydrogen) atoms. The number of hydrogen-bond donors (Lipinski definition) is 1. The van der Waals surface area contributed by atoms with E-state index in [9.17, 15) is 9.59 Å². The zero-order valence-electron chi connectivity index (χ0n) is 17.5. The number of carbonyl (C=O) groups is 2. The number of hydrogen-bond acceptors (Lipinski definition) is 5. The number of nitrogens with two attached hydrogens (primary N) is 1. The Morgan fingerprint density at radius 1 is 1.16 bits per heavy atom. The molecule has 4 rings (SSSR count). The Balaban J connectivity index is 1.67. The van der Waals surface area contributed by atoms with E-state index in [0.29, 0.717) is 17.9 Å². The highest BCUT2D eigenvalue weighted by Gasteiger charge is 2.50. The van der Waals surface area contributed by atoms with E-state index in [4.69, 9.17) is 26.8 Å². The molecule has 1 aliphatic heterocycles. The molecule has 0 unspecified atom stereocenters. The van der Waals surface area contributed by atoms with Gasteiger partial charge in [-0.25, -0.2) is 9.69 Å². The van der Waals surface area contributed by atoms with Gasteiger partial charge >= 0.3 is 6.09 Å². The van der Waals surface area contributed by atoms with Crippen LogP contribution < -0.4 is 5.73 Å². The van der Waals surface area contributed by atoms with Gasteiger partial charge in [-0.1, -0.05) is 54.1 Å². The Hall–Kier alpha value is -2.41. The summed E-state index contributed by atoms with van der Waals surface area (Å²) in [6, 6.07) is 15.5. The monoisotopic (exact) mass is 442 g/mol. The number of nitrogens with zero attached hydrogens (tertiary/aromatic N) is 1. The molecule has 0 bridgehead atoms. The number of ether oxygens (including phenoxy) is 2. The first-order valence-corrected chi connectivity index (χ1v) is 10.9. The fraction of sp³-hybridized carbons (Fsp3) is 0.417. The van der Waals surface area contributed by atoms with Crippen LogP contribution in [0.5, 0.6) is 0 Å². The first kappa shape index (κ1) is 21.8. The summed E-state index contributed by atoms with van der Waals surface area (Å²) in [5.74, 6) is -0.415. The Morgan fingerprint density at radius 3 is 2.42 bits per heavy atom. The second-order valence-corrected chi connectivity index (χ2v) is 8.72. The maximum atomic E-state index is 13.7. The lowest BCUT2D eigenvalue weighted by atomic mass is 9.64. The van der Waals surface area contributed by atoms with Gasteiger partial charge in [0.05, 0.1) is 12.1 Å².